The van der Waals surface area contributed by atoms with Gasteiger partial charge in [0, 0.05) is 0 Å². The van der Waals surface area contributed by atoms with Crippen LogP contribution < -0.4 is 5.32 Å². The number of carbonyl (C=O) groups excluding carboxylic acids is 1. The van der Waals surface area contributed by atoms with Crippen LogP contribution in [0.5, 0.6) is 0 Å². The van der Waals surface area contributed by atoms with E-state index in [1.165, 1.54) is 18.2 Å². The van der Waals surface area contributed by atoms with E-state index in [1.54, 1.807) is 18.2 Å². The number of carbonyl (C=O) groups is 1. The van der Waals surface area contributed by atoms with E-state index in [0.717, 1.165) is 6.20 Å². The maximum atomic E-state index is 13.5. The molecule has 6 heteroatoms. The van der Waals surface area contributed by atoms with Crippen molar-refractivity contribution in [2.24, 2.45) is 0 Å². The number of aromatic nitrogens is 1. The van der Waals surface area contributed by atoms with Crippen molar-refractivity contribution >= 4 is 27.7 Å². The molecule has 20 heavy (non-hydrogen) atoms. The first-order valence-electron chi connectivity index (χ1n) is 5.86. The van der Waals surface area contributed by atoms with Gasteiger partial charge in [-0.1, -0.05) is 34.1 Å². The number of benzene rings is 1. The molecule has 0 spiro atoms. The molecule has 2 rings (SSSR count). The molecule has 2 aromatic rings. The molecule has 1 atom stereocenters. The van der Waals surface area contributed by atoms with Crippen LogP contribution in [0.25, 0.3) is 0 Å². The second kappa shape index (κ2) is 6.56. The first-order chi connectivity index (χ1) is 9.56. The third-order valence-corrected chi connectivity index (χ3v) is 3.36. The van der Waals surface area contributed by atoms with Crippen molar-refractivity contribution in [3.8, 4) is 0 Å². The fourth-order valence-electron chi connectivity index (χ4n) is 1.60. The Labute approximate surface area is 123 Å². The summed E-state index contributed by atoms with van der Waals surface area (Å²) >= 11 is 3.21. The molecule has 1 N–H and O–H groups in total. The Morgan fingerprint density at radius 3 is 2.65 bits per heavy atom. The summed E-state index contributed by atoms with van der Waals surface area (Å²) in [6.45, 7) is 0. The number of amides is 1. The minimum atomic E-state index is -0.605. The van der Waals surface area contributed by atoms with Gasteiger partial charge in [0.2, 0.25) is 5.91 Å². The minimum absolute atomic E-state index is 0.208. The van der Waals surface area contributed by atoms with E-state index in [9.17, 15) is 13.6 Å². The summed E-state index contributed by atoms with van der Waals surface area (Å²) in [4.78, 5) is 15.0. The number of halogens is 3. The lowest BCUT2D eigenvalue weighted by Gasteiger charge is -2.11. The van der Waals surface area contributed by atoms with Gasteiger partial charge in [0.25, 0.3) is 0 Å². The molecule has 1 aromatic heterocycles. The van der Waals surface area contributed by atoms with Crippen LogP contribution in [0, 0.1) is 11.6 Å². The summed E-state index contributed by atoms with van der Waals surface area (Å²) in [6.07, 6.45) is 1.22. The summed E-state index contributed by atoms with van der Waals surface area (Å²) in [6, 6.07) is 8.81. The second-order valence-corrected chi connectivity index (χ2v) is 5.22. The number of rotatable bonds is 4. The van der Waals surface area contributed by atoms with E-state index in [4.69, 9.17) is 0 Å². The lowest BCUT2D eigenvalue weighted by atomic mass is 10.1. The number of pyridine rings is 1. The van der Waals surface area contributed by atoms with E-state index in [1.807, 2.05) is 0 Å². The molecule has 0 bridgehead atoms. The Hall–Kier alpha value is -1.82. The molecule has 0 fully saturated rings. The second-order valence-electron chi connectivity index (χ2n) is 4.11. The van der Waals surface area contributed by atoms with Gasteiger partial charge >= 0.3 is 0 Å². The van der Waals surface area contributed by atoms with E-state index in [-0.39, 0.29) is 24.0 Å². The normalized spacial score (nSPS) is 11.9. The predicted octanol–water partition coefficient (Wildman–Crippen LogP) is 3.30. The third kappa shape index (κ3) is 3.84. The van der Waals surface area contributed by atoms with E-state index in [2.05, 4.69) is 26.2 Å². The van der Waals surface area contributed by atoms with Crippen LogP contribution in [0.2, 0.25) is 0 Å². The molecule has 0 aliphatic heterocycles. The van der Waals surface area contributed by atoms with Gasteiger partial charge in [-0.15, -0.1) is 0 Å². The van der Waals surface area contributed by atoms with Gasteiger partial charge in [-0.2, -0.15) is 0 Å². The molecule has 0 radical (unpaired) electrons. The Kier molecular flexibility index (Phi) is 4.79. The average molecular weight is 341 g/mol. The van der Waals surface area contributed by atoms with Gasteiger partial charge in [0.15, 0.2) is 0 Å². The number of nitrogens with zero attached hydrogens (tertiary/aromatic N) is 1. The van der Waals surface area contributed by atoms with Crippen LogP contribution in [0.3, 0.4) is 0 Å². The molecule has 0 aliphatic rings. The van der Waals surface area contributed by atoms with Crippen LogP contribution in [0.15, 0.2) is 42.6 Å². The molecule has 0 saturated heterocycles. The Morgan fingerprint density at radius 2 is 2.00 bits per heavy atom. The molecule has 1 heterocycles. The highest BCUT2D eigenvalue weighted by Gasteiger charge is 2.17. The summed E-state index contributed by atoms with van der Waals surface area (Å²) in [5, 5.41) is 2.52. The highest BCUT2D eigenvalue weighted by molar-refractivity contribution is 9.10. The van der Waals surface area contributed by atoms with Crippen molar-refractivity contribution in [3.63, 3.8) is 0 Å². The predicted molar refractivity (Wildman–Crippen MR) is 75.6 cm³/mol. The van der Waals surface area contributed by atoms with Gasteiger partial charge in [-0.3, -0.25) is 4.79 Å². The third-order valence-electron chi connectivity index (χ3n) is 2.62. The SMILES string of the molecule is O=C(Nc1ccc(F)cn1)C(Br)Cc1ccccc1F. The first kappa shape index (κ1) is 14.6. The number of hydrogen-bond acceptors (Lipinski definition) is 2. The fourth-order valence-corrected chi connectivity index (χ4v) is 2.07. The maximum absolute atomic E-state index is 13.5. The average Bonchev–Trinajstić information content (AvgIpc) is 2.44. The standard InChI is InChI=1S/C14H11BrF2N2O/c15-11(7-9-3-1-2-4-12(9)17)14(20)19-13-6-5-10(16)8-18-13/h1-6,8,11H,7H2,(H,18,19,20). The molecular weight excluding hydrogens is 330 g/mol. The molecule has 3 nitrogen and oxygen atoms in total. The zero-order valence-corrected chi connectivity index (χ0v) is 11.9. The van der Waals surface area contributed by atoms with E-state index in [0.29, 0.717) is 5.56 Å². The highest BCUT2D eigenvalue weighted by Crippen LogP contribution is 2.15. The topological polar surface area (TPSA) is 42.0 Å². The number of anilines is 1. The largest absolute Gasteiger partial charge is 0.310 e. The van der Waals surface area contributed by atoms with Gasteiger partial charge in [-0.25, -0.2) is 13.8 Å². The van der Waals surface area contributed by atoms with Gasteiger partial charge in [0.1, 0.15) is 17.5 Å². The number of hydrogen-bond donors (Lipinski definition) is 1. The lowest BCUT2D eigenvalue weighted by Crippen LogP contribution is -2.25. The Bertz CT molecular complexity index is 604. The summed E-state index contributed by atoms with van der Waals surface area (Å²) < 4.78 is 26.2. The molecule has 0 aliphatic carbocycles. The van der Waals surface area contributed by atoms with Crippen molar-refractivity contribution in [2.45, 2.75) is 11.2 Å². The van der Waals surface area contributed by atoms with Crippen molar-refractivity contribution in [1.29, 1.82) is 0 Å². The van der Waals surface area contributed by atoms with Crippen molar-refractivity contribution in [2.75, 3.05) is 5.32 Å². The molecule has 1 aromatic carbocycles. The van der Waals surface area contributed by atoms with Crippen molar-refractivity contribution < 1.29 is 13.6 Å². The number of alkyl halides is 1. The van der Waals surface area contributed by atoms with Crippen LogP contribution in [0.1, 0.15) is 5.56 Å². The van der Waals surface area contributed by atoms with Gasteiger partial charge in [-0.05, 0) is 30.2 Å². The van der Waals surface area contributed by atoms with Crippen LogP contribution >= 0.6 is 15.9 Å². The summed E-state index contributed by atoms with van der Waals surface area (Å²) in [5.41, 5.74) is 0.441. The first-order valence-corrected chi connectivity index (χ1v) is 6.77. The highest BCUT2D eigenvalue weighted by atomic mass is 79.9. The van der Waals surface area contributed by atoms with Crippen molar-refractivity contribution in [1.82, 2.24) is 4.98 Å². The number of nitrogens with one attached hydrogen (secondary N) is 1. The van der Waals surface area contributed by atoms with E-state index >= 15 is 0 Å². The quantitative estimate of drug-likeness (QED) is 0.867. The monoisotopic (exact) mass is 340 g/mol. The maximum Gasteiger partial charge on any atom is 0.239 e. The van der Waals surface area contributed by atoms with Gasteiger partial charge < -0.3 is 5.32 Å². The fraction of sp³-hybridized carbons (Fsp3) is 0.143. The van der Waals surface area contributed by atoms with Crippen LogP contribution in [-0.4, -0.2) is 15.7 Å². The zero-order valence-electron chi connectivity index (χ0n) is 10.3. The molecule has 104 valence electrons. The molecular formula is C14H11BrF2N2O. The summed E-state index contributed by atoms with van der Waals surface area (Å²) in [5.74, 6) is -0.962. The minimum Gasteiger partial charge on any atom is -0.310 e. The van der Waals surface area contributed by atoms with Crippen LogP contribution in [0.4, 0.5) is 14.6 Å². The molecule has 1 unspecified atom stereocenters. The van der Waals surface area contributed by atoms with Crippen molar-refractivity contribution in [3.05, 3.63) is 59.8 Å². The molecule has 1 amide bonds. The van der Waals surface area contributed by atoms with Crippen LogP contribution in [-0.2, 0) is 11.2 Å². The Balaban J connectivity index is 1.99. The zero-order chi connectivity index (χ0) is 14.5. The molecule has 0 saturated carbocycles. The lowest BCUT2D eigenvalue weighted by molar-refractivity contribution is -0.115. The Morgan fingerprint density at radius 1 is 1.25 bits per heavy atom. The van der Waals surface area contributed by atoms with Gasteiger partial charge in [0.05, 0.1) is 11.0 Å². The van der Waals surface area contributed by atoms with E-state index < -0.39 is 10.6 Å². The summed E-state index contributed by atoms with van der Waals surface area (Å²) in [7, 11) is 0. The smallest absolute Gasteiger partial charge is 0.239 e.